The number of nitrogens with two attached hydrogens (primary N) is 1. The molecule has 0 fully saturated rings. The van der Waals surface area contributed by atoms with Gasteiger partial charge in [-0.25, -0.2) is 4.57 Å². The Morgan fingerprint density at radius 3 is 1.82 bits per heavy atom. The van der Waals surface area contributed by atoms with Crippen LogP contribution in [0.2, 0.25) is 0 Å². The molecule has 0 aromatic heterocycles. The zero-order valence-electron chi connectivity index (χ0n) is 28.1. The van der Waals surface area contributed by atoms with E-state index in [1.54, 1.807) is 0 Å². The van der Waals surface area contributed by atoms with Gasteiger partial charge < -0.3 is 20.1 Å². The van der Waals surface area contributed by atoms with Crippen molar-refractivity contribution in [2.24, 2.45) is 5.73 Å². The van der Waals surface area contributed by atoms with Crippen LogP contribution in [-0.4, -0.2) is 49.3 Å². The van der Waals surface area contributed by atoms with Gasteiger partial charge >= 0.3 is 19.8 Å². The Hall–Kier alpha value is -2.03. The summed E-state index contributed by atoms with van der Waals surface area (Å²) in [6.45, 7) is 3.51. The fourth-order valence-corrected chi connectivity index (χ4v) is 4.98. The quantitative estimate of drug-likeness (QED) is 0.0325. The Morgan fingerprint density at radius 2 is 1.22 bits per heavy atom. The average Bonchev–Trinajstić information content (AvgIpc) is 3.02. The molecule has 0 aliphatic heterocycles. The number of phosphoric ester groups is 1. The number of carbonyl (C=O) groups is 2. The van der Waals surface area contributed by atoms with Gasteiger partial charge in [0, 0.05) is 19.4 Å². The van der Waals surface area contributed by atoms with Gasteiger partial charge in [0.1, 0.15) is 6.61 Å². The SMILES string of the molecule is CC/C=C\C/C=C\C/C=C\C/C=C\CCCCC(=O)OC(COC(=O)CCCCCCCCCCC)COP(=O)(O)OCCN. The van der Waals surface area contributed by atoms with E-state index in [1.165, 1.54) is 38.5 Å². The molecular weight excluding hydrogens is 593 g/mol. The van der Waals surface area contributed by atoms with Gasteiger partial charge in [0.05, 0.1) is 13.2 Å². The van der Waals surface area contributed by atoms with Crippen molar-refractivity contribution < 1.29 is 37.6 Å². The molecule has 0 aromatic carbocycles. The molecule has 10 heteroatoms. The monoisotopic (exact) mass is 655 g/mol. The van der Waals surface area contributed by atoms with Crippen LogP contribution in [0, 0.1) is 0 Å². The van der Waals surface area contributed by atoms with Gasteiger partial charge in [-0.3, -0.25) is 18.6 Å². The number of allylic oxidation sites excluding steroid dienone is 8. The van der Waals surface area contributed by atoms with Crippen molar-refractivity contribution in [3.05, 3.63) is 48.6 Å². The van der Waals surface area contributed by atoms with Gasteiger partial charge in [0.2, 0.25) is 0 Å². The van der Waals surface area contributed by atoms with E-state index >= 15 is 0 Å². The van der Waals surface area contributed by atoms with Crippen molar-refractivity contribution in [3.63, 3.8) is 0 Å². The maximum Gasteiger partial charge on any atom is 0.472 e. The standard InChI is InChI=1S/C35H62NO8P/c1-3-5-7-9-11-13-14-15-16-17-18-20-22-24-26-28-35(38)44-33(32-43-45(39,40)42-30-29-36)31-41-34(37)27-25-23-21-19-12-10-8-6-4-2/h5,7,11,13,15-16,18,20,33H,3-4,6,8-10,12,14,17,19,21-32,36H2,1-2H3,(H,39,40)/b7-5-,13-11-,16-15-,20-18-. The molecule has 0 radical (unpaired) electrons. The summed E-state index contributed by atoms with van der Waals surface area (Å²) >= 11 is 0. The molecule has 2 unspecified atom stereocenters. The van der Waals surface area contributed by atoms with Gasteiger partial charge in [-0.15, -0.1) is 0 Å². The van der Waals surface area contributed by atoms with Crippen molar-refractivity contribution in [1.82, 2.24) is 0 Å². The Kier molecular flexibility index (Phi) is 30.5. The van der Waals surface area contributed by atoms with Gasteiger partial charge in [0.15, 0.2) is 6.10 Å². The molecule has 0 saturated heterocycles. The summed E-state index contributed by atoms with van der Waals surface area (Å²) in [7, 11) is -4.38. The van der Waals surface area contributed by atoms with E-state index in [0.29, 0.717) is 6.42 Å². The molecule has 0 saturated carbocycles. The van der Waals surface area contributed by atoms with E-state index in [4.69, 9.17) is 24.3 Å². The first kappa shape index (κ1) is 43.0. The number of hydrogen-bond donors (Lipinski definition) is 2. The van der Waals surface area contributed by atoms with E-state index in [9.17, 15) is 19.0 Å². The summed E-state index contributed by atoms with van der Waals surface area (Å²) in [4.78, 5) is 34.5. The van der Waals surface area contributed by atoms with Gasteiger partial charge in [-0.1, -0.05) is 114 Å². The topological polar surface area (TPSA) is 134 Å². The number of ether oxygens (including phenoxy) is 2. The third-order valence-corrected chi connectivity index (χ3v) is 7.71. The second-order valence-corrected chi connectivity index (χ2v) is 12.5. The summed E-state index contributed by atoms with van der Waals surface area (Å²) in [5.41, 5.74) is 5.31. The first-order chi connectivity index (χ1) is 21.8. The second-order valence-electron chi connectivity index (χ2n) is 11.0. The molecule has 45 heavy (non-hydrogen) atoms. The normalized spacial score (nSPS) is 14.1. The molecule has 0 aliphatic rings. The van der Waals surface area contributed by atoms with Crippen LogP contribution in [0.1, 0.15) is 129 Å². The van der Waals surface area contributed by atoms with E-state index in [1.807, 2.05) is 0 Å². The lowest BCUT2D eigenvalue weighted by Crippen LogP contribution is -2.29. The minimum Gasteiger partial charge on any atom is -0.462 e. The summed E-state index contributed by atoms with van der Waals surface area (Å²) in [5.74, 6) is -0.886. The predicted octanol–water partition coefficient (Wildman–Crippen LogP) is 8.82. The fourth-order valence-electron chi connectivity index (χ4n) is 4.21. The average molecular weight is 656 g/mol. The molecule has 0 spiro atoms. The number of carbonyl (C=O) groups excluding carboxylic acids is 2. The van der Waals surface area contributed by atoms with Crippen LogP contribution in [0.3, 0.4) is 0 Å². The number of rotatable bonds is 31. The Labute approximate surface area is 273 Å². The minimum atomic E-state index is -4.38. The highest BCUT2D eigenvalue weighted by atomic mass is 31.2. The molecule has 0 aliphatic carbocycles. The fraction of sp³-hybridized carbons (Fsp3) is 0.714. The van der Waals surface area contributed by atoms with Crippen LogP contribution >= 0.6 is 7.82 Å². The van der Waals surface area contributed by atoms with Crippen LogP contribution in [-0.2, 0) is 32.7 Å². The molecule has 9 nitrogen and oxygen atoms in total. The molecule has 3 N–H and O–H groups in total. The molecule has 260 valence electrons. The Morgan fingerprint density at radius 1 is 0.689 bits per heavy atom. The molecule has 2 atom stereocenters. The van der Waals surface area contributed by atoms with Gasteiger partial charge in [0.25, 0.3) is 0 Å². The number of hydrogen-bond acceptors (Lipinski definition) is 8. The van der Waals surface area contributed by atoms with Crippen molar-refractivity contribution >= 4 is 19.8 Å². The lowest BCUT2D eigenvalue weighted by atomic mass is 10.1. The first-order valence-electron chi connectivity index (χ1n) is 17.1. The highest BCUT2D eigenvalue weighted by Crippen LogP contribution is 2.43. The molecule has 0 rings (SSSR count). The van der Waals surface area contributed by atoms with E-state index < -0.39 is 32.5 Å². The third kappa shape index (κ3) is 31.7. The maximum absolute atomic E-state index is 12.5. The van der Waals surface area contributed by atoms with Crippen LogP contribution in [0.4, 0.5) is 0 Å². The molecule has 0 amide bonds. The van der Waals surface area contributed by atoms with Crippen molar-refractivity contribution in [3.8, 4) is 0 Å². The van der Waals surface area contributed by atoms with Crippen molar-refractivity contribution in [2.45, 2.75) is 136 Å². The number of unbranched alkanes of at least 4 members (excludes halogenated alkanes) is 10. The smallest absolute Gasteiger partial charge is 0.462 e. The van der Waals surface area contributed by atoms with E-state index in [0.717, 1.165) is 57.8 Å². The van der Waals surface area contributed by atoms with E-state index in [-0.39, 0.29) is 32.6 Å². The van der Waals surface area contributed by atoms with Crippen LogP contribution in [0.5, 0.6) is 0 Å². The lowest BCUT2D eigenvalue weighted by molar-refractivity contribution is -0.161. The molecular formula is C35H62NO8P. The maximum atomic E-state index is 12.5. The van der Waals surface area contributed by atoms with Crippen molar-refractivity contribution in [2.75, 3.05) is 26.4 Å². The molecule has 0 bridgehead atoms. The summed E-state index contributed by atoms with van der Waals surface area (Å²) in [5, 5.41) is 0. The third-order valence-electron chi connectivity index (χ3n) is 6.73. The zero-order valence-corrected chi connectivity index (χ0v) is 29.0. The van der Waals surface area contributed by atoms with Gasteiger partial charge in [-0.2, -0.15) is 0 Å². The first-order valence-corrected chi connectivity index (χ1v) is 18.6. The second kappa shape index (κ2) is 31.9. The molecule has 0 aromatic rings. The Bertz CT molecular complexity index is 887. The number of phosphoric acid groups is 1. The van der Waals surface area contributed by atoms with Crippen LogP contribution in [0.15, 0.2) is 48.6 Å². The van der Waals surface area contributed by atoms with Crippen LogP contribution < -0.4 is 5.73 Å². The van der Waals surface area contributed by atoms with Crippen LogP contribution in [0.25, 0.3) is 0 Å². The highest BCUT2D eigenvalue weighted by molar-refractivity contribution is 7.47. The lowest BCUT2D eigenvalue weighted by Gasteiger charge is -2.19. The van der Waals surface area contributed by atoms with E-state index in [2.05, 4.69) is 62.5 Å². The predicted molar refractivity (Wildman–Crippen MR) is 183 cm³/mol. The summed E-state index contributed by atoms with van der Waals surface area (Å²) < 4.78 is 32.5. The van der Waals surface area contributed by atoms with Gasteiger partial charge in [-0.05, 0) is 51.4 Å². The molecule has 0 heterocycles. The Balaban J connectivity index is 4.37. The number of esters is 2. The zero-order chi connectivity index (χ0) is 33.3. The van der Waals surface area contributed by atoms with Crippen molar-refractivity contribution in [1.29, 1.82) is 0 Å². The highest BCUT2D eigenvalue weighted by Gasteiger charge is 2.25. The summed E-state index contributed by atoms with van der Waals surface area (Å²) in [6.07, 6.45) is 33.0. The largest absolute Gasteiger partial charge is 0.472 e. The minimum absolute atomic E-state index is 0.0453. The summed E-state index contributed by atoms with van der Waals surface area (Å²) in [6, 6.07) is 0.